The molecule has 1 aliphatic rings. The predicted molar refractivity (Wildman–Crippen MR) is 149 cm³/mol. The molecule has 0 aliphatic carbocycles. The van der Waals surface area contributed by atoms with Crippen molar-refractivity contribution in [1.82, 2.24) is 10.2 Å². The van der Waals surface area contributed by atoms with Gasteiger partial charge in [0.25, 0.3) is 0 Å². The third-order valence-corrected chi connectivity index (χ3v) is 6.57. The lowest BCUT2D eigenvalue weighted by molar-refractivity contribution is -0.126. The van der Waals surface area contributed by atoms with Gasteiger partial charge in [0.2, 0.25) is 11.8 Å². The van der Waals surface area contributed by atoms with E-state index in [0.29, 0.717) is 17.8 Å². The van der Waals surface area contributed by atoms with Gasteiger partial charge >= 0.3 is 6.09 Å². The molecule has 1 heterocycles. The number of cyclic esters (lactones) is 1. The van der Waals surface area contributed by atoms with E-state index in [0.717, 1.165) is 16.7 Å². The molecule has 5 rings (SSSR count). The number of anilines is 1. The van der Waals surface area contributed by atoms with Crippen LogP contribution in [0.2, 0.25) is 0 Å². The van der Waals surface area contributed by atoms with Crippen LogP contribution in [-0.2, 0) is 33.8 Å². The van der Waals surface area contributed by atoms with Gasteiger partial charge in [0.15, 0.2) is 12.1 Å². The fraction of sp³-hybridized carbons (Fsp3) is 0.156. The van der Waals surface area contributed by atoms with Crippen LogP contribution in [-0.4, -0.2) is 28.8 Å². The third kappa shape index (κ3) is 6.51. The zero-order valence-corrected chi connectivity index (χ0v) is 21.3. The van der Waals surface area contributed by atoms with Crippen LogP contribution in [0.15, 0.2) is 115 Å². The lowest BCUT2D eigenvalue weighted by Crippen LogP contribution is -2.46. The van der Waals surface area contributed by atoms with E-state index in [1.54, 1.807) is 24.3 Å². The molecule has 0 saturated carbocycles. The second-order valence-corrected chi connectivity index (χ2v) is 9.40. The van der Waals surface area contributed by atoms with Gasteiger partial charge < -0.3 is 15.4 Å². The topological polar surface area (TPSA) is 87.7 Å². The number of carbonyl (C=O) groups is 3. The number of nitrogens with one attached hydrogen (secondary N) is 2. The highest BCUT2D eigenvalue weighted by molar-refractivity contribution is 5.92. The lowest BCUT2D eigenvalue weighted by Gasteiger charge is -2.24. The molecule has 0 radical (unpaired) electrons. The van der Waals surface area contributed by atoms with Crippen LogP contribution in [0.3, 0.4) is 0 Å². The number of rotatable bonds is 9. The van der Waals surface area contributed by atoms with Gasteiger partial charge in [-0.3, -0.25) is 14.5 Å². The van der Waals surface area contributed by atoms with Crippen molar-refractivity contribution in [1.29, 1.82) is 0 Å². The monoisotopic (exact) mass is 519 g/mol. The van der Waals surface area contributed by atoms with Gasteiger partial charge in [-0.15, -0.1) is 0 Å². The molecule has 2 N–H and O–H groups in total. The number of amides is 3. The summed E-state index contributed by atoms with van der Waals surface area (Å²) >= 11 is 0. The Balaban J connectivity index is 1.37. The number of benzene rings is 4. The van der Waals surface area contributed by atoms with Gasteiger partial charge in [-0.25, -0.2) is 4.79 Å². The molecule has 39 heavy (non-hydrogen) atoms. The van der Waals surface area contributed by atoms with Crippen molar-refractivity contribution >= 4 is 23.6 Å². The molecule has 196 valence electrons. The quantitative estimate of drug-likeness (QED) is 0.316. The Morgan fingerprint density at radius 2 is 1.36 bits per heavy atom. The number of nitrogens with zero attached hydrogens (tertiary/aromatic N) is 1. The SMILES string of the molecule is O=C(Cc1ccccc1)Nc1cccc([C@H]2OC(=O)N(Cc3ccccc3)[C@H]2C(=O)NCc2ccccc2)c1. The fourth-order valence-corrected chi connectivity index (χ4v) is 4.66. The first kappa shape index (κ1) is 25.7. The molecule has 0 spiro atoms. The Morgan fingerprint density at radius 3 is 2.03 bits per heavy atom. The van der Waals surface area contributed by atoms with Crippen LogP contribution in [0.1, 0.15) is 28.4 Å². The highest BCUT2D eigenvalue weighted by Crippen LogP contribution is 2.35. The van der Waals surface area contributed by atoms with E-state index < -0.39 is 18.2 Å². The molecule has 1 fully saturated rings. The predicted octanol–water partition coefficient (Wildman–Crippen LogP) is 5.25. The Labute approximate surface area is 227 Å². The van der Waals surface area contributed by atoms with Gasteiger partial charge in [-0.1, -0.05) is 103 Å². The minimum Gasteiger partial charge on any atom is -0.438 e. The summed E-state index contributed by atoms with van der Waals surface area (Å²) in [6.45, 7) is 0.555. The average molecular weight is 520 g/mol. The standard InChI is InChI=1S/C32H29N3O4/c36-28(19-23-11-4-1-5-12-23)34-27-18-10-17-26(20-27)30-29(31(37)33-21-24-13-6-2-7-14-24)35(32(38)39-30)22-25-15-8-3-9-16-25/h1-18,20,29-30H,19,21-22H2,(H,33,37)(H,34,36)/t29-,30-/m1/s1. The molecule has 0 bridgehead atoms. The summed E-state index contributed by atoms with van der Waals surface area (Å²) < 4.78 is 5.79. The van der Waals surface area contributed by atoms with Crippen molar-refractivity contribution < 1.29 is 19.1 Å². The Morgan fingerprint density at radius 1 is 0.744 bits per heavy atom. The van der Waals surface area contributed by atoms with Gasteiger partial charge in [0.1, 0.15) is 0 Å². The van der Waals surface area contributed by atoms with Crippen LogP contribution in [0, 0.1) is 0 Å². The zero-order chi connectivity index (χ0) is 27.0. The minimum absolute atomic E-state index is 0.162. The maximum absolute atomic E-state index is 13.6. The number of hydrogen-bond donors (Lipinski definition) is 2. The first-order valence-corrected chi connectivity index (χ1v) is 12.8. The molecule has 3 amide bonds. The highest BCUT2D eigenvalue weighted by Gasteiger charge is 2.47. The summed E-state index contributed by atoms with van der Waals surface area (Å²) in [5, 5.41) is 5.88. The van der Waals surface area contributed by atoms with Crippen molar-refractivity contribution in [2.24, 2.45) is 0 Å². The third-order valence-electron chi connectivity index (χ3n) is 6.57. The number of carbonyl (C=O) groups excluding carboxylic acids is 3. The van der Waals surface area contributed by atoms with Crippen molar-refractivity contribution in [2.45, 2.75) is 31.7 Å². The van der Waals surface area contributed by atoms with E-state index >= 15 is 0 Å². The molecule has 0 aromatic heterocycles. The van der Waals surface area contributed by atoms with Crippen molar-refractivity contribution in [3.63, 3.8) is 0 Å². The molecule has 0 unspecified atom stereocenters. The highest BCUT2D eigenvalue weighted by atomic mass is 16.6. The fourth-order valence-electron chi connectivity index (χ4n) is 4.66. The average Bonchev–Trinajstić information content (AvgIpc) is 3.29. The molecule has 7 heteroatoms. The van der Waals surface area contributed by atoms with Crippen LogP contribution in [0.4, 0.5) is 10.5 Å². The first-order valence-electron chi connectivity index (χ1n) is 12.8. The minimum atomic E-state index is -0.892. The number of hydrogen-bond acceptors (Lipinski definition) is 4. The van der Waals surface area contributed by atoms with Crippen molar-refractivity contribution in [3.8, 4) is 0 Å². The summed E-state index contributed by atoms with van der Waals surface area (Å²) in [6, 6.07) is 34.8. The van der Waals surface area contributed by atoms with Gasteiger partial charge in [0.05, 0.1) is 13.0 Å². The summed E-state index contributed by atoms with van der Waals surface area (Å²) in [4.78, 5) is 40.7. The lowest BCUT2D eigenvalue weighted by atomic mass is 10.00. The van der Waals surface area contributed by atoms with Gasteiger partial charge in [-0.2, -0.15) is 0 Å². The van der Waals surface area contributed by atoms with E-state index in [9.17, 15) is 14.4 Å². The summed E-state index contributed by atoms with van der Waals surface area (Å²) in [6.07, 6.45) is -1.18. The Kier molecular flexibility index (Phi) is 7.98. The largest absolute Gasteiger partial charge is 0.438 e. The normalized spacial score (nSPS) is 16.4. The smallest absolute Gasteiger partial charge is 0.411 e. The zero-order valence-electron chi connectivity index (χ0n) is 21.3. The molecule has 4 aromatic rings. The van der Waals surface area contributed by atoms with E-state index in [4.69, 9.17) is 4.74 Å². The summed E-state index contributed by atoms with van der Waals surface area (Å²) in [5.74, 6) is -0.478. The van der Waals surface area contributed by atoms with E-state index in [1.807, 2.05) is 91.0 Å². The van der Waals surface area contributed by atoms with Crippen LogP contribution >= 0.6 is 0 Å². The number of ether oxygens (including phenoxy) is 1. The van der Waals surface area contributed by atoms with E-state index in [1.165, 1.54) is 4.90 Å². The molecule has 1 aliphatic heterocycles. The maximum atomic E-state index is 13.6. The van der Waals surface area contributed by atoms with Crippen LogP contribution < -0.4 is 10.6 Å². The second kappa shape index (κ2) is 12.1. The molecule has 4 aromatic carbocycles. The van der Waals surface area contributed by atoms with Crippen molar-refractivity contribution in [2.75, 3.05) is 5.32 Å². The van der Waals surface area contributed by atoms with E-state index in [-0.39, 0.29) is 24.8 Å². The molecule has 1 saturated heterocycles. The first-order chi connectivity index (χ1) is 19.1. The van der Waals surface area contributed by atoms with Gasteiger partial charge in [0, 0.05) is 12.2 Å². The molecule has 7 nitrogen and oxygen atoms in total. The second-order valence-electron chi connectivity index (χ2n) is 9.40. The molecular formula is C32H29N3O4. The Hall–Kier alpha value is -4.91. The van der Waals surface area contributed by atoms with Crippen LogP contribution in [0.5, 0.6) is 0 Å². The summed E-state index contributed by atoms with van der Waals surface area (Å²) in [5.41, 5.74) is 3.93. The summed E-state index contributed by atoms with van der Waals surface area (Å²) in [7, 11) is 0. The van der Waals surface area contributed by atoms with Crippen molar-refractivity contribution in [3.05, 3.63) is 138 Å². The van der Waals surface area contributed by atoms with Crippen LogP contribution in [0.25, 0.3) is 0 Å². The maximum Gasteiger partial charge on any atom is 0.411 e. The van der Waals surface area contributed by atoms with Gasteiger partial charge in [-0.05, 0) is 34.4 Å². The molecular weight excluding hydrogens is 490 g/mol. The Bertz CT molecular complexity index is 1430. The molecule has 2 atom stereocenters. The van der Waals surface area contributed by atoms with E-state index in [2.05, 4.69) is 10.6 Å².